The van der Waals surface area contributed by atoms with Crippen LogP contribution >= 0.6 is 11.3 Å². The van der Waals surface area contributed by atoms with E-state index in [2.05, 4.69) is 29.3 Å². The predicted molar refractivity (Wildman–Crippen MR) is 127 cm³/mol. The Balaban J connectivity index is 1.40. The number of nitrogens with zero attached hydrogens (tertiary/aromatic N) is 3. The molecule has 1 amide bonds. The Morgan fingerprint density at radius 2 is 1.97 bits per heavy atom. The molecular formula is C24H28N4O2S. The number of fused-ring (bicyclic) bond motifs is 2. The van der Waals surface area contributed by atoms with E-state index >= 15 is 0 Å². The van der Waals surface area contributed by atoms with Gasteiger partial charge in [-0.2, -0.15) is 0 Å². The van der Waals surface area contributed by atoms with Crippen molar-refractivity contribution >= 4 is 38.8 Å². The van der Waals surface area contributed by atoms with Gasteiger partial charge in [0.15, 0.2) is 0 Å². The van der Waals surface area contributed by atoms with Crippen molar-refractivity contribution in [3.8, 4) is 0 Å². The molecule has 0 spiro atoms. The molecule has 31 heavy (non-hydrogen) atoms. The molecule has 2 aromatic heterocycles. The van der Waals surface area contributed by atoms with E-state index in [4.69, 9.17) is 4.98 Å². The molecule has 1 atom stereocenters. The summed E-state index contributed by atoms with van der Waals surface area (Å²) in [7, 11) is 0. The zero-order valence-electron chi connectivity index (χ0n) is 18.1. The second-order valence-corrected chi connectivity index (χ2v) is 9.87. The third kappa shape index (κ3) is 3.76. The van der Waals surface area contributed by atoms with Crippen LogP contribution in [0.4, 0.5) is 11.4 Å². The molecule has 0 saturated carbocycles. The lowest BCUT2D eigenvalue weighted by Gasteiger charge is -2.18. The van der Waals surface area contributed by atoms with Gasteiger partial charge in [0.1, 0.15) is 10.7 Å². The van der Waals surface area contributed by atoms with Gasteiger partial charge in [-0.25, -0.2) is 4.98 Å². The molecule has 4 heterocycles. The van der Waals surface area contributed by atoms with Crippen LogP contribution in [0.15, 0.2) is 29.1 Å². The molecule has 1 unspecified atom stereocenters. The Morgan fingerprint density at radius 3 is 2.71 bits per heavy atom. The van der Waals surface area contributed by atoms with E-state index in [0.29, 0.717) is 15.1 Å². The first-order chi connectivity index (χ1) is 15.0. The van der Waals surface area contributed by atoms with Crippen molar-refractivity contribution < 1.29 is 4.79 Å². The van der Waals surface area contributed by atoms with Crippen molar-refractivity contribution in [3.63, 3.8) is 0 Å². The van der Waals surface area contributed by atoms with Crippen LogP contribution in [-0.2, 0) is 13.0 Å². The largest absolute Gasteiger partial charge is 0.371 e. The van der Waals surface area contributed by atoms with Gasteiger partial charge in [0.05, 0.1) is 10.3 Å². The Morgan fingerprint density at radius 1 is 1.16 bits per heavy atom. The van der Waals surface area contributed by atoms with Gasteiger partial charge in [0, 0.05) is 37.4 Å². The van der Waals surface area contributed by atoms with E-state index in [1.165, 1.54) is 23.4 Å². The summed E-state index contributed by atoms with van der Waals surface area (Å²) in [6, 6.07) is 8.04. The third-order valence-corrected chi connectivity index (χ3v) is 7.72. The Labute approximate surface area is 185 Å². The number of nitrogens with one attached hydrogen (secondary N) is 1. The van der Waals surface area contributed by atoms with E-state index < -0.39 is 0 Å². The number of hydrogen-bond acceptors (Lipinski definition) is 5. The molecule has 6 nitrogen and oxygen atoms in total. The van der Waals surface area contributed by atoms with Crippen molar-refractivity contribution in [2.45, 2.75) is 52.5 Å². The summed E-state index contributed by atoms with van der Waals surface area (Å²) in [5, 5.41) is 3.60. The smallest absolute Gasteiger partial charge is 0.266 e. The molecule has 162 valence electrons. The quantitative estimate of drug-likeness (QED) is 0.652. The molecule has 1 N–H and O–H groups in total. The first kappa shape index (κ1) is 20.2. The normalized spacial score (nSPS) is 18.8. The minimum Gasteiger partial charge on any atom is -0.371 e. The molecule has 5 rings (SSSR count). The van der Waals surface area contributed by atoms with E-state index in [9.17, 15) is 9.59 Å². The zero-order valence-corrected chi connectivity index (χ0v) is 18.9. The summed E-state index contributed by atoms with van der Waals surface area (Å²) in [5.41, 5.74) is 2.69. The number of thiophene rings is 1. The topological polar surface area (TPSA) is 67.2 Å². The lowest BCUT2D eigenvalue weighted by atomic mass is 10.2. The average Bonchev–Trinajstić information content (AvgIpc) is 3.24. The van der Waals surface area contributed by atoms with Gasteiger partial charge < -0.3 is 10.2 Å². The highest BCUT2D eigenvalue weighted by atomic mass is 32.1. The Hall–Kier alpha value is -2.67. The second kappa shape index (κ2) is 8.11. The maximum Gasteiger partial charge on any atom is 0.266 e. The fourth-order valence-electron chi connectivity index (χ4n) is 4.74. The van der Waals surface area contributed by atoms with Gasteiger partial charge in [-0.3, -0.25) is 14.2 Å². The van der Waals surface area contributed by atoms with Crippen molar-refractivity contribution in [3.05, 3.63) is 50.9 Å². The highest BCUT2D eigenvalue weighted by Crippen LogP contribution is 2.30. The Kier molecular flexibility index (Phi) is 5.30. The van der Waals surface area contributed by atoms with Gasteiger partial charge in [-0.1, -0.05) is 13.3 Å². The van der Waals surface area contributed by atoms with E-state index in [-0.39, 0.29) is 11.5 Å². The van der Waals surface area contributed by atoms with Crippen LogP contribution in [0, 0.1) is 12.8 Å². The predicted octanol–water partition coefficient (Wildman–Crippen LogP) is 4.59. The summed E-state index contributed by atoms with van der Waals surface area (Å²) in [6.07, 6.45) is 5.23. The zero-order chi connectivity index (χ0) is 21.5. The first-order valence-corrected chi connectivity index (χ1v) is 12.0. The average molecular weight is 437 g/mol. The number of aryl methyl sites for hydroxylation is 2. The molecule has 0 bridgehead atoms. The maximum absolute atomic E-state index is 13.1. The molecule has 0 radical (unpaired) electrons. The minimum atomic E-state index is -0.178. The first-order valence-electron chi connectivity index (χ1n) is 11.2. The van der Waals surface area contributed by atoms with Crippen LogP contribution in [0.25, 0.3) is 10.2 Å². The van der Waals surface area contributed by atoms with Crippen molar-refractivity contribution in [1.82, 2.24) is 9.55 Å². The van der Waals surface area contributed by atoms with Crippen molar-refractivity contribution in [2.24, 2.45) is 5.92 Å². The van der Waals surface area contributed by atoms with Crippen LogP contribution in [0.2, 0.25) is 0 Å². The number of carbonyl (C=O) groups excluding carboxylic acids is 1. The monoisotopic (exact) mass is 436 g/mol. The summed E-state index contributed by atoms with van der Waals surface area (Å²) >= 11 is 1.32. The van der Waals surface area contributed by atoms with E-state index in [1.54, 1.807) is 0 Å². The summed E-state index contributed by atoms with van der Waals surface area (Å²) in [6.45, 7) is 7.02. The fraction of sp³-hybridized carbons (Fsp3) is 0.458. The number of hydrogen-bond donors (Lipinski definition) is 1. The third-order valence-electron chi connectivity index (χ3n) is 6.53. The second-order valence-electron chi connectivity index (χ2n) is 8.87. The molecule has 0 aliphatic carbocycles. The van der Waals surface area contributed by atoms with Crippen LogP contribution in [-0.4, -0.2) is 28.5 Å². The van der Waals surface area contributed by atoms with Crippen LogP contribution in [0.3, 0.4) is 0 Å². The van der Waals surface area contributed by atoms with Gasteiger partial charge in [0.2, 0.25) is 0 Å². The van der Waals surface area contributed by atoms with Crippen LogP contribution < -0.4 is 15.8 Å². The number of aromatic nitrogens is 2. The Bertz CT molecular complexity index is 1190. The lowest BCUT2D eigenvalue weighted by molar-refractivity contribution is 0.103. The van der Waals surface area contributed by atoms with E-state index in [0.717, 1.165) is 68.3 Å². The van der Waals surface area contributed by atoms with Gasteiger partial charge in [-0.05, 0) is 61.9 Å². The molecular weight excluding hydrogens is 408 g/mol. The fourth-order valence-corrected chi connectivity index (χ4v) is 5.83. The molecule has 7 heteroatoms. The summed E-state index contributed by atoms with van der Waals surface area (Å²) in [5.74, 6) is 1.40. The summed E-state index contributed by atoms with van der Waals surface area (Å²) < 4.78 is 1.81. The number of carbonyl (C=O) groups is 1. The van der Waals surface area contributed by atoms with E-state index in [1.807, 2.05) is 23.6 Å². The molecule has 2 aliphatic rings. The molecule has 1 fully saturated rings. The SMILES string of the molecule is Cc1c(C(=O)Nc2ccc(N3CCC(C)C3)cc2)sc2nc3n(c(=O)c12)CCCCC3. The number of benzene rings is 1. The van der Waals surface area contributed by atoms with Crippen LogP contribution in [0.5, 0.6) is 0 Å². The molecule has 1 aromatic carbocycles. The van der Waals surface area contributed by atoms with Gasteiger partial charge >= 0.3 is 0 Å². The minimum absolute atomic E-state index is 0.00102. The number of anilines is 2. The van der Waals surface area contributed by atoms with Crippen molar-refractivity contribution in [2.75, 3.05) is 23.3 Å². The lowest BCUT2D eigenvalue weighted by Crippen LogP contribution is -2.24. The van der Waals surface area contributed by atoms with Crippen molar-refractivity contribution in [1.29, 1.82) is 0 Å². The maximum atomic E-state index is 13.1. The number of rotatable bonds is 3. The molecule has 2 aliphatic heterocycles. The standard InChI is InChI=1S/C24H28N4O2S/c1-15-11-13-27(14-15)18-9-7-17(8-10-18)25-22(29)21-16(2)20-23(31-21)26-19-6-4-3-5-12-28(19)24(20)30/h7-10,15H,3-6,11-14H2,1-2H3,(H,25,29). The molecule has 3 aromatic rings. The van der Waals surface area contributed by atoms with Crippen LogP contribution in [0.1, 0.15) is 53.7 Å². The highest BCUT2D eigenvalue weighted by Gasteiger charge is 2.23. The van der Waals surface area contributed by atoms with Gasteiger partial charge in [0.25, 0.3) is 11.5 Å². The number of amides is 1. The van der Waals surface area contributed by atoms with Gasteiger partial charge in [-0.15, -0.1) is 11.3 Å². The highest BCUT2D eigenvalue weighted by molar-refractivity contribution is 7.20. The summed E-state index contributed by atoms with van der Waals surface area (Å²) in [4.78, 5) is 34.5. The molecule has 1 saturated heterocycles.